The summed E-state index contributed by atoms with van der Waals surface area (Å²) in [5.41, 5.74) is 7.55. The van der Waals surface area contributed by atoms with Crippen LogP contribution in [0.1, 0.15) is 5.56 Å². The lowest BCUT2D eigenvalue weighted by molar-refractivity contribution is -0.117. The molecule has 0 bridgehead atoms. The Morgan fingerprint density at radius 1 is 1.25 bits per heavy atom. The van der Waals surface area contributed by atoms with Gasteiger partial charge < -0.3 is 16.2 Å². The molecule has 0 saturated heterocycles. The first-order chi connectivity index (χ1) is 9.54. The van der Waals surface area contributed by atoms with E-state index in [2.05, 4.69) is 27.9 Å². The average molecular weight is 382 g/mol. The SMILES string of the molecule is N[C@H](Cc1ccc(O)cc1)C(=O)Nc1cccc(I)c1. The molecule has 4 N–H and O–H groups in total. The molecule has 0 aromatic heterocycles. The van der Waals surface area contributed by atoms with Crippen LogP contribution in [0.3, 0.4) is 0 Å². The molecule has 1 atom stereocenters. The summed E-state index contributed by atoms with van der Waals surface area (Å²) in [5, 5.41) is 12.0. The molecule has 0 radical (unpaired) electrons. The van der Waals surface area contributed by atoms with E-state index >= 15 is 0 Å². The zero-order valence-corrected chi connectivity index (χ0v) is 12.9. The quantitative estimate of drug-likeness (QED) is 0.712. The maximum absolute atomic E-state index is 12.0. The lowest BCUT2D eigenvalue weighted by Gasteiger charge is -2.12. The number of halogens is 1. The number of phenolic OH excluding ortho intramolecular Hbond substituents is 1. The molecule has 1 amide bonds. The van der Waals surface area contributed by atoms with Crippen LogP contribution in [0.25, 0.3) is 0 Å². The van der Waals surface area contributed by atoms with E-state index in [1.807, 2.05) is 24.3 Å². The lowest BCUT2D eigenvalue weighted by atomic mass is 10.1. The summed E-state index contributed by atoms with van der Waals surface area (Å²) in [7, 11) is 0. The number of phenols is 1. The summed E-state index contributed by atoms with van der Waals surface area (Å²) in [6, 6.07) is 13.6. The van der Waals surface area contributed by atoms with Crippen molar-refractivity contribution in [3.8, 4) is 5.75 Å². The highest BCUT2D eigenvalue weighted by atomic mass is 127. The number of nitrogens with two attached hydrogens (primary N) is 1. The fraction of sp³-hybridized carbons (Fsp3) is 0.133. The number of carbonyl (C=O) groups excluding carboxylic acids is 1. The number of anilines is 1. The summed E-state index contributed by atoms with van der Waals surface area (Å²) in [6.45, 7) is 0. The van der Waals surface area contributed by atoms with Crippen molar-refractivity contribution in [1.82, 2.24) is 0 Å². The molecule has 2 aromatic rings. The maximum Gasteiger partial charge on any atom is 0.241 e. The molecule has 20 heavy (non-hydrogen) atoms. The first-order valence-corrected chi connectivity index (χ1v) is 7.22. The zero-order valence-electron chi connectivity index (χ0n) is 10.7. The number of carbonyl (C=O) groups is 1. The van der Waals surface area contributed by atoms with Gasteiger partial charge in [0.1, 0.15) is 5.75 Å². The standard InChI is InChI=1S/C15H15IN2O2/c16-11-2-1-3-12(9-11)18-15(20)14(17)8-10-4-6-13(19)7-5-10/h1-7,9,14,19H,8,17H2,(H,18,20)/t14-/m1/s1. The van der Waals surface area contributed by atoms with Gasteiger partial charge in [-0.05, 0) is 64.9 Å². The Balaban J connectivity index is 1.96. The molecule has 0 aliphatic rings. The molecule has 104 valence electrons. The van der Waals surface area contributed by atoms with Crippen LogP contribution in [0.15, 0.2) is 48.5 Å². The van der Waals surface area contributed by atoms with Crippen LogP contribution >= 0.6 is 22.6 Å². The maximum atomic E-state index is 12.0. The highest BCUT2D eigenvalue weighted by Gasteiger charge is 2.14. The highest BCUT2D eigenvalue weighted by molar-refractivity contribution is 14.1. The number of hydrogen-bond donors (Lipinski definition) is 3. The smallest absolute Gasteiger partial charge is 0.241 e. The van der Waals surface area contributed by atoms with Crippen LogP contribution in [0.2, 0.25) is 0 Å². The third-order valence-electron chi connectivity index (χ3n) is 2.82. The number of nitrogens with one attached hydrogen (secondary N) is 1. The van der Waals surface area contributed by atoms with Crippen molar-refractivity contribution in [2.45, 2.75) is 12.5 Å². The number of hydrogen-bond acceptors (Lipinski definition) is 3. The molecular formula is C15H15IN2O2. The fourth-order valence-electron chi connectivity index (χ4n) is 1.78. The van der Waals surface area contributed by atoms with Gasteiger partial charge in [-0.15, -0.1) is 0 Å². The van der Waals surface area contributed by atoms with Crippen molar-refractivity contribution in [3.63, 3.8) is 0 Å². The molecule has 0 aliphatic heterocycles. The average Bonchev–Trinajstić information content (AvgIpc) is 2.41. The predicted molar refractivity (Wildman–Crippen MR) is 87.6 cm³/mol. The van der Waals surface area contributed by atoms with E-state index in [9.17, 15) is 9.90 Å². The largest absolute Gasteiger partial charge is 0.508 e. The van der Waals surface area contributed by atoms with E-state index in [0.29, 0.717) is 6.42 Å². The molecule has 0 spiro atoms. The van der Waals surface area contributed by atoms with E-state index in [1.54, 1.807) is 24.3 Å². The van der Waals surface area contributed by atoms with Gasteiger partial charge in [0.2, 0.25) is 5.91 Å². The minimum Gasteiger partial charge on any atom is -0.508 e. The first-order valence-electron chi connectivity index (χ1n) is 6.14. The molecular weight excluding hydrogens is 367 g/mol. The Labute approximate surface area is 131 Å². The molecule has 0 heterocycles. The van der Waals surface area contributed by atoms with E-state index < -0.39 is 6.04 Å². The summed E-state index contributed by atoms with van der Waals surface area (Å²) in [4.78, 5) is 12.0. The van der Waals surface area contributed by atoms with Crippen molar-refractivity contribution in [1.29, 1.82) is 0 Å². The fourth-order valence-corrected chi connectivity index (χ4v) is 2.32. The minimum atomic E-state index is -0.627. The summed E-state index contributed by atoms with van der Waals surface area (Å²) < 4.78 is 1.05. The van der Waals surface area contributed by atoms with Crippen molar-refractivity contribution in [2.75, 3.05) is 5.32 Å². The van der Waals surface area contributed by atoms with Crippen molar-refractivity contribution in [2.24, 2.45) is 5.73 Å². The predicted octanol–water partition coefficient (Wildman–Crippen LogP) is 2.51. The van der Waals surface area contributed by atoms with E-state index in [0.717, 1.165) is 14.8 Å². The van der Waals surface area contributed by atoms with Crippen LogP contribution in [-0.2, 0) is 11.2 Å². The number of benzene rings is 2. The molecule has 0 fully saturated rings. The molecule has 2 aromatic carbocycles. The van der Waals surface area contributed by atoms with Gasteiger partial charge in [0.05, 0.1) is 6.04 Å². The van der Waals surface area contributed by atoms with Crippen molar-refractivity contribution >= 4 is 34.2 Å². The number of amides is 1. The summed E-state index contributed by atoms with van der Waals surface area (Å²) in [5.74, 6) is -0.0225. The van der Waals surface area contributed by atoms with Crippen LogP contribution < -0.4 is 11.1 Å². The Kier molecular flexibility index (Phi) is 4.97. The second-order valence-electron chi connectivity index (χ2n) is 4.48. The summed E-state index contributed by atoms with van der Waals surface area (Å²) >= 11 is 2.18. The topological polar surface area (TPSA) is 75.3 Å². The van der Waals surface area contributed by atoms with Crippen LogP contribution in [0, 0.1) is 3.57 Å². The zero-order chi connectivity index (χ0) is 14.5. The highest BCUT2D eigenvalue weighted by Crippen LogP contribution is 2.14. The Morgan fingerprint density at radius 2 is 1.95 bits per heavy atom. The van der Waals surface area contributed by atoms with E-state index in [-0.39, 0.29) is 11.7 Å². The Hall–Kier alpha value is -1.60. The van der Waals surface area contributed by atoms with Gasteiger partial charge in [-0.1, -0.05) is 18.2 Å². The molecule has 0 unspecified atom stereocenters. The van der Waals surface area contributed by atoms with E-state index in [1.165, 1.54) is 0 Å². The van der Waals surface area contributed by atoms with Gasteiger partial charge in [0, 0.05) is 9.26 Å². The molecule has 5 heteroatoms. The van der Waals surface area contributed by atoms with Gasteiger partial charge in [-0.25, -0.2) is 0 Å². The van der Waals surface area contributed by atoms with Gasteiger partial charge in [0.15, 0.2) is 0 Å². The molecule has 0 aliphatic carbocycles. The lowest BCUT2D eigenvalue weighted by Crippen LogP contribution is -2.37. The minimum absolute atomic E-state index is 0.200. The third kappa shape index (κ3) is 4.21. The van der Waals surface area contributed by atoms with Gasteiger partial charge in [-0.3, -0.25) is 4.79 Å². The molecule has 4 nitrogen and oxygen atoms in total. The van der Waals surface area contributed by atoms with Crippen molar-refractivity contribution < 1.29 is 9.90 Å². The van der Waals surface area contributed by atoms with E-state index in [4.69, 9.17) is 5.73 Å². The monoisotopic (exact) mass is 382 g/mol. The second kappa shape index (κ2) is 6.71. The molecule has 2 rings (SSSR count). The van der Waals surface area contributed by atoms with Gasteiger partial charge in [0.25, 0.3) is 0 Å². The number of rotatable bonds is 4. The Bertz CT molecular complexity index is 599. The normalized spacial score (nSPS) is 11.9. The van der Waals surface area contributed by atoms with Crippen molar-refractivity contribution in [3.05, 3.63) is 57.7 Å². The van der Waals surface area contributed by atoms with Crippen LogP contribution in [0.5, 0.6) is 5.75 Å². The van der Waals surface area contributed by atoms with Gasteiger partial charge >= 0.3 is 0 Å². The Morgan fingerprint density at radius 3 is 2.60 bits per heavy atom. The second-order valence-corrected chi connectivity index (χ2v) is 5.72. The summed E-state index contributed by atoms with van der Waals surface area (Å²) in [6.07, 6.45) is 0.427. The van der Waals surface area contributed by atoms with Crippen LogP contribution in [-0.4, -0.2) is 17.1 Å². The first kappa shape index (κ1) is 14.8. The third-order valence-corrected chi connectivity index (χ3v) is 3.49. The van der Waals surface area contributed by atoms with Crippen LogP contribution in [0.4, 0.5) is 5.69 Å². The van der Waals surface area contributed by atoms with Gasteiger partial charge in [-0.2, -0.15) is 0 Å². The number of aromatic hydroxyl groups is 1. The molecule has 0 saturated carbocycles.